The van der Waals surface area contributed by atoms with Crippen LogP contribution in [0.15, 0.2) is 18.2 Å². The number of sulfonamides is 1. The van der Waals surface area contributed by atoms with Crippen molar-refractivity contribution in [3.8, 4) is 0 Å². The van der Waals surface area contributed by atoms with Crippen LogP contribution in [-0.2, 0) is 14.8 Å². The molecule has 0 saturated carbocycles. The number of aryl methyl sites for hydroxylation is 1. The Morgan fingerprint density at radius 1 is 1.39 bits per heavy atom. The Labute approximate surface area is 141 Å². The highest BCUT2D eigenvalue weighted by Gasteiger charge is 2.34. The summed E-state index contributed by atoms with van der Waals surface area (Å²) >= 11 is 5.89. The zero-order valence-corrected chi connectivity index (χ0v) is 14.9. The molecule has 23 heavy (non-hydrogen) atoms. The van der Waals surface area contributed by atoms with Crippen LogP contribution >= 0.6 is 11.6 Å². The molecule has 1 aliphatic rings. The van der Waals surface area contributed by atoms with Gasteiger partial charge in [-0.3, -0.25) is 4.79 Å². The second-order valence-electron chi connectivity index (χ2n) is 5.90. The van der Waals surface area contributed by atoms with Crippen molar-refractivity contribution in [2.75, 3.05) is 33.1 Å². The fraction of sp³-hybridized carbons (Fsp3) is 0.533. The van der Waals surface area contributed by atoms with Crippen LogP contribution in [0.4, 0.5) is 0 Å². The van der Waals surface area contributed by atoms with Crippen LogP contribution in [0.3, 0.4) is 0 Å². The van der Waals surface area contributed by atoms with Gasteiger partial charge in [-0.05, 0) is 30.7 Å². The minimum atomic E-state index is -3.34. The molecule has 0 aromatic heterocycles. The van der Waals surface area contributed by atoms with Crippen molar-refractivity contribution in [1.82, 2.24) is 9.62 Å². The minimum Gasteiger partial charge on any atom is -0.379 e. The molecule has 0 spiro atoms. The van der Waals surface area contributed by atoms with Crippen molar-refractivity contribution in [3.63, 3.8) is 0 Å². The number of halogens is 1. The van der Waals surface area contributed by atoms with Crippen molar-refractivity contribution in [2.45, 2.75) is 13.0 Å². The lowest BCUT2D eigenvalue weighted by molar-refractivity contribution is 0.0925. The third-order valence-corrected chi connectivity index (χ3v) is 6.13. The molecule has 1 heterocycles. The molecule has 1 aromatic rings. The normalized spacial score (nSPS) is 21.6. The van der Waals surface area contributed by atoms with E-state index in [1.165, 1.54) is 18.4 Å². The number of rotatable bonds is 5. The molecular formula is C15H21ClN2O4S. The number of hydrogen-bond donors (Lipinski definition) is 1. The van der Waals surface area contributed by atoms with Crippen LogP contribution in [0.2, 0.25) is 5.02 Å². The molecule has 1 aliphatic heterocycles. The van der Waals surface area contributed by atoms with Crippen molar-refractivity contribution < 1.29 is 17.9 Å². The van der Waals surface area contributed by atoms with E-state index in [1.54, 1.807) is 25.1 Å². The molecule has 2 atom stereocenters. The lowest BCUT2D eigenvalue weighted by Gasteiger charge is -2.21. The third kappa shape index (κ3) is 4.44. The van der Waals surface area contributed by atoms with E-state index in [2.05, 4.69) is 5.32 Å². The van der Waals surface area contributed by atoms with Crippen LogP contribution < -0.4 is 5.32 Å². The smallest absolute Gasteiger partial charge is 0.251 e. The van der Waals surface area contributed by atoms with E-state index in [0.29, 0.717) is 23.8 Å². The maximum Gasteiger partial charge on any atom is 0.251 e. The molecule has 8 heteroatoms. The Kier molecular flexibility index (Phi) is 5.67. The van der Waals surface area contributed by atoms with E-state index >= 15 is 0 Å². The monoisotopic (exact) mass is 360 g/mol. The van der Waals surface area contributed by atoms with Crippen molar-refractivity contribution in [2.24, 2.45) is 5.92 Å². The van der Waals surface area contributed by atoms with E-state index in [0.717, 1.165) is 5.56 Å². The molecule has 1 N–H and O–H groups in total. The second-order valence-corrected chi connectivity index (χ2v) is 8.56. The number of benzene rings is 1. The van der Waals surface area contributed by atoms with E-state index in [4.69, 9.17) is 16.3 Å². The lowest BCUT2D eigenvalue weighted by Crippen LogP contribution is -2.43. The van der Waals surface area contributed by atoms with Crippen LogP contribution in [0.25, 0.3) is 0 Å². The minimum absolute atomic E-state index is 0.0510. The number of carbonyl (C=O) groups is 1. The standard InChI is InChI=1S/C15H21ClN2O4S/c1-10-6-12(16)4-5-13(10)15(19)17-14-8-22-7-11(14)9-23(20,21)18(2)3/h4-6,11,14H,7-9H2,1-3H3,(H,17,19)/t11-,14-/m0/s1. The summed E-state index contributed by atoms with van der Waals surface area (Å²) in [6, 6.07) is 4.71. The van der Waals surface area contributed by atoms with Gasteiger partial charge in [0, 0.05) is 30.6 Å². The summed E-state index contributed by atoms with van der Waals surface area (Å²) in [6.07, 6.45) is 0. The van der Waals surface area contributed by atoms with Crippen LogP contribution in [0.1, 0.15) is 15.9 Å². The van der Waals surface area contributed by atoms with E-state index in [1.807, 2.05) is 0 Å². The molecule has 0 unspecified atom stereocenters. The zero-order valence-electron chi connectivity index (χ0n) is 13.4. The fourth-order valence-electron chi connectivity index (χ4n) is 2.47. The predicted octanol–water partition coefficient (Wildman–Crippen LogP) is 1.28. The molecule has 1 fully saturated rings. The lowest BCUT2D eigenvalue weighted by atomic mass is 10.0. The van der Waals surface area contributed by atoms with Gasteiger partial charge < -0.3 is 10.1 Å². The molecule has 0 radical (unpaired) electrons. The topological polar surface area (TPSA) is 75.7 Å². The first-order chi connectivity index (χ1) is 10.7. The molecule has 0 aliphatic carbocycles. The Morgan fingerprint density at radius 2 is 2.09 bits per heavy atom. The third-order valence-electron chi connectivity index (χ3n) is 3.93. The summed E-state index contributed by atoms with van der Waals surface area (Å²) in [5.74, 6) is -0.564. The maximum absolute atomic E-state index is 12.4. The molecule has 128 valence electrons. The summed E-state index contributed by atoms with van der Waals surface area (Å²) < 4.78 is 30.6. The maximum atomic E-state index is 12.4. The average molecular weight is 361 g/mol. The molecular weight excluding hydrogens is 340 g/mol. The Balaban J connectivity index is 2.08. The van der Waals surface area contributed by atoms with E-state index in [-0.39, 0.29) is 23.6 Å². The molecule has 1 saturated heterocycles. The van der Waals surface area contributed by atoms with Gasteiger partial charge in [-0.15, -0.1) is 0 Å². The van der Waals surface area contributed by atoms with Crippen LogP contribution in [-0.4, -0.2) is 57.7 Å². The van der Waals surface area contributed by atoms with Gasteiger partial charge in [0.25, 0.3) is 5.91 Å². The number of carbonyl (C=O) groups excluding carboxylic acids is 1. The van der Waals surface area contributed by atoms with E-state index < -0.39 is 10.0 Å². The number of amides is 1. The van der Waals surface area contributed by atoms with Gasteiger partial charge >= 0.3 is 0 Å². The molecule has 6 nitrogen and oxygen atoms in total. The number of hydrogen-bond acceptors (Lipinski definition) is 4. The first kappa shape index (κ1) is 18.2. The fourth-order valence-corrected chi connectivity index (χ4v) is 3.86. The highest BCUT2D eigenvalue weighted by atomic mass is 35.5. The van der Waals surface area contributed by atoms with Gasteiger partial charge in [-0.25, -0.2) is 12.7 Å². The van der Waals surface area contributed by atoms with Gasteiger partial charge in [0.15, 0.2) is 0 Å². The molecule has 1 aromatic carbocycles. The second kappa shape index (κ2) is 7.17. The van der Waals surface area contributed by atoms with Gasteiger partial charge in [0.05, 0.1) is 25.0 Å². The molecule has 0 bridgehead atoms. The summed E-state index contributed by atoms with van der Waals surface area (Å²) in [6.45, 7) is 2.43. The van der Waals surface area contributed by atoms with Crippen molar-refractivity contribution in [3.05, 3.63) is 34.3 Å². The number of nitrogens with one attached hydrogen (secondary N) is 1. The van der Waals surface area contributed by atoms with Crippen LogP contribution in [0, 0.1) is 12.8 Å². The summed E-state index contributed by atoms with van der Waals surface area (Å²) in [4.78, 5) is 12.4. The molecule has 1 amide bonds. The van der Waals surface area contributed by atoms with Gasteiger partial charge in [-0.1, -0.05) is 11.6 Å². The van der Waals surface area contributed by atoms with Gasteiger partial charge in [0.2, 0.25) is 10.0 Å². The highest BCUT2D eigenvalue weighted by molar-refractivity contribution is 7.89. The average Bonchev–Trinajstić information content (AvgIpc) is 2.84. The summed E-state index contributed by atoms with van der Waals surface area (Å²) in [5.41, 5.74) is 1.29. The van der Waals surface area contributed by atoms with Crippen molar-refractivity contribution in [1.29, 1.82) is 0 Å². The number of ether oxygens (including phenoxy) is 1. The van der Waals surface area contributed by atoms with Gasteiger partial charge in [0.1, 0.15) is 0 Å². The largest absolute Gasteiger partial charge is 0.379 e. The summed E-state index contributed by atoms with van der Waals surface area (Å²) in [7, 11) is -0.352. The number of nitrogens with zero attached hydrogens (tertiary/aromatic N) is 1. The molecule has 2 rings (SSSR count). The predicted molar refractivity (Wildman–Crippen MR) is 89.2 cm³/mol. The highest BCUT2D eigenvalue weighted by Crippen LogP contribution is 2.19. The Morgan fingerprint density at radius 3 is 2.70 bits per heavy atom. The van der Waals surface area contributed by atoms with E-state index in [9.17, 15) is 13.2 Å². The van der Waals surface area contributed by atoms with Crippen molar-refractivity contribution >= 4 is 27.5 Å². The quantitative estimate of drug-likeness (QED) is 0.858. The zero-order chi connectivity index (χ0) is 17.2. The first-order valence-corrected chi connectivity index (χ1v) is 9.24. The Hall–Kier alpha value is -1.15. The SMILES string of the molecule is Cc1cc(Cl)ccc1C(=O)N[C@H]1COC[C@H]1CS(=O)(=O)N(C)C. The van der Waals surface area contributed by atoms with Crippen LogP contribution in [0.5, 0.6) is 0 Å². The summed E-state index contributed by atoms with van der Waals surface area (Å²) in [5, 5.41) is 3.44. The van der Waals surface area contributed by atoms with Gasteiger partial charge in [-0.2, -0.15) is 0 Å². The first-order valence-electron chi connectivity index (χ1n) is 7.25. The Bertz CT molecular complexity index is 691.